The molecular formula is C16H16FNO2. The van der Waals surface area contributed by atoms with E-state index in [1.165, 1.54) is 12.1 Å². The number of rotatable bonds is 2. The van der Waals surface area contributed by atoms with Crippen LogP contribution in [0.1, 0.15) is 37.2 Å². The van der Waals surface area contributed by atoms with Gasteiger partial charge >= 0.3 is 5.97 Å². The third-order valence-corrected chi connectivity index (χ3v) is 4.25. The Bertz CT molecular complexity index is 648. The van der Waals surface area contributed by atoms with Crippen LogP contribution >= 0.6 is 0 Å². The third-order valence-electron chi connectivity index (χ3n) is 4.25. The van der Waals surface area contributed by atoms with E-state index in [1.54, 1.807) is 12.3 Å². The van der Waals surface area contributed by atoms with Crippen molar-refractivity contribution in [1.29, 1.82) is 0 Å². The molecule has 1 aromatic carbocycles. The molecule has 104 valence electrons. The van der Waals surface area contributed by atoms with Crippen LogP contribution in [0, 0.1) is 11.7 Å². The lowest BCUT2D eigenvalue weighted by Crippen LogP contribution is -2.20. The maximum atomic E-state index is 13.4. The van der Waals surface area contributed by atoms with Gasteiger partial charge in [-0.1, -0.05) is 0 Å². The summed E-state index contributed by atoms with van der Waals surface area (Å²) in [5.41, 5.74) is 1.89. The number of carbonyl (C=O) groups is 1. The van der Waals surface area contributed by atoms with Crippen LogP contribution in [-0.4, -0.2) is 16.1 Å². The lowest BCUT2D eigenvalue weighted by Gasteiger charge is -2.27. The minimum absolute atomic E-state index is 0.226. The van der Waals surface area contributed by atoms with Crippen molar-refractivity contribution in [2.24, 2.45) is 5.92 Å². The summed E-state index contributed by atoms with van der Waals surface area (Å²) in [5, 5.41) is 9.90. The number of hydrogen-bond acceptors (Lipinski definition) is 2. The molecule has 0 radical (unpaired) electrons. The Hall–Kier alpha value is -1.97. The molecule has 4 heteroatoms. The summed E-state index contributed by atoms with van der Waals surface area (Å²) in [6.45, 7) is 0. The highest BCUT2D eigenvalue weighted by molar-refractivity contribution is 5.82. The third kappa shape index (κ3) is 2.38. The maximum Gasteiger partial charge on any atom is 0.306 e. The largest absolute Gasteiger partial charge is 0.481 e. The molecule has 2 aromatic rings. The first-order chi connectivity index (χ1) is 9.65. The van der Waals surface area contributed by atoms with Crippen LogP contribution in [0.3, 0.4) is 0 Å². The molecule has 1 aliphatic rings. The zero-order valence-electron chi connectivity index (χ0n) is 11.1. The topological polar surface area (TPSA) is 50.2 Å². The lowest BCUT2D eigenvalue weighted by atomic mass is 9.78. The Labute approximate surface area is 116 Å². The van der Waals surface area contributed by atoms with Gasteiger partial charge in [0.25, 0.3) is 0 Å². The normalized spacial score (nSPS) is 22.9. The van der Waals surface area contributed by atoms with E-state index in [0.29, 0.717) is 18.8 Å². The summed E-state index contributed by atoms with van der Waals surface area (Å²) in [7, 11) is 0. The highest BCUT2D eigenvalue weighted by Gasteiger charge is 2.27. The molecule has 0 bridgehead atoms. The van der Waals surface area contributed by atoms with Gasteiger partial charge in [0.05, 0.1) is 11.4 Å². The van der Waals surface area contributed by atoms with Crippen LogP contribution in [0.4, 0.5) is 4.39 Å². The zero-order valence-corrected chi connectivity index (χ0v) is 11.1. The van der Waals surface area contributed by atoms with Crippen molar-refractivity contribution in [3.63, 3.8) is 0 Å². The van der Waals surface area contributed by atoms with Crippen molar-refractivity contribution in [3.8, 4) is 0 Å². The molecule has 1 saturated carbocycles. The Kier molecular flexibility index (Phi) is 3.38. The second-order valence-corrected chi connectivity index (χ2v) is 5.45. The molecule has 3 nitrogen and oxygen atoms in total. The van der Waals surface area contributed by atoms with E-state index in [9.17, 15) is 9.18 Å². The van der Waals surface area contributed by atoms with Crippen molar-refractivity contribution >= 4 is 16.9 Å². The number of benzene rings is 1. The van der Waals surface area contributed by atoms with E-state index in [0.717, 1.165) is 29.3 Å². The minimum atomic E-state index is -0.700. The van der Waals surface area contributed by atoms with E-state index in [-0.39, 0.29) is 11.7 Å². The van der Waals surface area contributed by atoms with Gasteiger partial charge in [-0.15, -0.1) is 0 Å². The highest BCUT2D eigenvalue weighted by Crippen LogP contribution is 2.38. The van der Waals surface area contributed by atoms with Gasteiger partial charge in [-0.2, -0.15) is 0 Å². The van der Waals surface area contributed by atoms with Gasteiger partial charge in [0.15, 0.2) is 0 Å². The van der Waals surface area contributed by atoms with Gasteiger partial charge in [0.2, 0.25) is 0 Å². The molecule has 0 spiro atoms. The van der Waals surface area contributed by atoms with Crippen molar-refractivity contribution < 1.29 is 14.3 Å². The number of aliphatic carboxylic acids is 1. The average molecular weight is 273 g/mol. The van der Waals surface area contributed by atoms with E-state index < -0.39 is 5.97 Å². The summed E-state index contributed by atoms with van der Waals surface area (Å²) in [6, 6.07) is 6.58. The molecule has 0 aliphatic heterocycles. The fraction of sp³-hybridized carbons (Fsp3) is 0.375. The van der Waals surface area contributed by atoms with Crippen LogP contribution in [0.2, 0.25) is 0 Å². The fourth-order valence-corrected chi connectivity index (χ4v) is 3.15. The SMILES string of the molecule is O=C(O)C1CCC(c2ccnc3ccc(F)cc23)CC1. The van der Waals surface area contributed by atoms with Gasteiger partial charge in [0, 0.05) is 11.6 Å². The number of carboxylic acids is 1. The molecule has 1 fully saturated rings. The Morgan fingerprint density at radius 3 is 2.65 bits per heavy atom. The number of nitrogens with zero attached hydrogens (tertiary/aromatic N) is 1. The Morgan fingerprint density at radius 2 is 1.95 bits per heavy atom. The molecule has 0 unspecified atom stereocenters. The first kappa shape index (κ1) is 13.0. The summed E-state index contributed by atoms with van der Waals surface area (Å²) in [6.07, 6.45) is 4.82. The minimum Gasteiger partial charge on any atom is -0.481 e. The molecule has 1 aromatic heterocycles. The first-order valence-electron chi connectivity index (χ1n) is 6.92. The second-order valence-electron chi connectivity index (χ2n) is 5.45. The van der Waals surface area contributed by atoms with E-state index in [1.807, 2.05) is 6.07 Å². The average Bonchev–Trinajstić information content (AvgIpc) is 2.46. The molecule has 1 N–H and O–H groups in total. The van der Waals surface area contributed by atoms with Crippen LogP contribution in [0.5, 0.6) is 0 Å². The zero-order chi connectivity index (χ0) is 14.1. The number of halogens is 1. The summed E-state index contributed by atoms with van der Waals surface area (Å²) in [4.78, 5) is 15.3. The Balaban J connectivity index is 1.91. The van der Waals surface area contributed by atoms with Gasteiger partial charge < -0.3 is 5.11 Å². The van der Waals surface area contributed by atoms with Gasteiger partial charge in [-0.25, -0.2) is 4.39 Å². The monoisotopic (exact) mass is 273 g/mol. The second kappa shape index (κ2) is 5.19. The van der Waals surface area contributed by atoms with Gasteiger partial charge in [0.1, 0.15) is 5.82 Å². The van der Waals surface area contributed by atoms with Crippen LogP contribution in [0.15, 0.2) is 30.5 Å². The molecular weight excluding hydrogens is 257 g/mol. The highest BCUT2D eigenvalue weighted by atomic mass is 19.1. The summed E-state index contributed by atoms with van der Waals surface area (Å²) >= 11 is 0. The predicted molar refractivity (Wildman–Crippen MR) is 74.0 cm³/mol. The molecule has 0 atom stereocenters. The van der Waals surface area contributed by atoms with Crippen molar-refractivity contribution in [2.45, 2.75) is 31.6 Å². The number of fused-ring (bicyclic) bond motifs is 1. The van der Waals surface area contributed by atoms with Crippen molar-refractivity contribution in [2.75, 3.05) is 0 Å². The number of aromatic nitrogens is 1. The molecule has 3 rings (SSSR count). The van der Waals surface area contributed by atoms with E-state index in [2.05, 4.69) is 4.98 Å². The summed E-state index contributed by atoms with van der Waals surface area (Å²) in [5.74, 6) is -0.881. The molecule has 1 heterocycles. The van der Waals surface area contributed by atoms with E-state index in [4.69, 9.17) is 5.11 Å². The fourth-order valence-electron chi connectivity index (χ4n) is 3.15. The number of hydrogen-bond donors (Lipinski definition) is 1. The predicted octanol–water partition coefficient (Wildman–Crippen LogP) is 3.73. The van der Waals surface area contributed by atoms with Crippen LogP contribution < -0.4 is 0 Å². The summed E-state index contributed by atoms with van der Waals surface area (Å²) < 4.78 is 13.4. The Morgan fingerprint density at radius 1 is 1.20 bits per heavy atom. The number of carboxylic acid groups (broad SMARTS) is 1. The number of pyridine rings is 1. The van der Waals surface area contributed by atoms with Gasteiger partial charge in [-0.05, 0) is 61.4 Å². The lowest BCUT2D eigenvalue weighted by molar-refractivity contribution is -0.142. The maximum absolute atomic E-state index is 13.4. The first-order valence-corrected chi connectivity index (χ1v) is 6.92. The molecule has 20 heavy (non-hydrogen) atoms. The van der Waals surface area contributed by atoms with E-state index >= 15 is 0 Å². The molecule has 0 saturated heterocycles. The van der Waals surface area contributed by atoms with Crippen molar-refractivity contribution in [1.82, 2.24) is 4.98 Å². The smallest absolute Gasteiger partial charge is 0.306 e. The standard InChI is InChI=1S/C16H16FNO2/c17-12-5-6-15-14(9-12)13(7-8-18-15)10-1-3-11(4-2-10)16(19)20/h5-11H,1-4H2,(H,19,20). The van der Waals surface area contributed by atoms with Crippen LogP contribution in [-0.2, 0) is 4.79 Å². The van der Waals surface area contributed by atoms with Gasteiger partial charge in [-0.3, -0.25) is 9.78 Å². The quantitative estimate of drug-likeness (QED) is 0.907. The molecule has 1 aliphatic carbocycles. The van der Waals surface area contributed by atoms with Crippen molar-refractivity contribution in [3.05, 3.63) is 41.8 Å². The molecule has 0 amide bonds. The van der Waals surface area contributed by atoms with Crippen LogP contribution in [0.25, 0.3) is 10.9 Å².